The maximum absolute atomic E-state index is 6.32. The Bertz CT molecular complexity index is 1020. The van der Waals surface area contributed by atoms with Gasteiger partial charge >= 0.3 is 0 Å². The first kappa shape index (κ1) is 23.8. The van der Waals surface area contributed by atoms with E-state index >= 15 is 0 Å². The summed E-state index contributed by atoms with van der Waals surface area (Å²) in [7, 11) is 0. The molecule has 0 unspecified atom stereocenters. The zero-order chi connectivity index (χ0) is 21.1. The van der Waals surface area contributed by atoms with Gasteiger partial charge in [0.1, 0.15) is 10.8 Å². The molecule has 2 N–H and O–H groups in total. The number of anilines is 1. The summed E-state index contributed by atoms with van der Waals surface area (Å²) < 4.78 is 0. The number of nitrogens with zero attached hydrogens (tertiary/aromatic N) is 4. The van der Waals surface area contributed by atoms with Crippen LogP contribution in [-0.4, -0.2) is 34.6 Å². The number of pyridine rings is 1. The van der Waals surface area contributed by atoms with E-state index in [1.54, 1.807) is 12.3 Å². The number of hydrogen-bond acceptors (Lipinski definition) is 6. The highest BCUT2D eigenvalue weighted by Gasteiger charge is 2.35. The SMILES string of the molecule is C.Cc1nc(N2CCC(CN)(c3cccnc3)CC2)cnc1Sc1cccc(Cl)c1Cl. The van der Waals surface area contributed by atoms with E-state index in [4.69, 9.17) is 33.9 Å². The Labute approximate surface area is 198 Å². The average molecular weight is 476 g/mol. The minimum atomic E-state index is -0.0215. The molecule has 3 aromatic rings. The zero-order valence-corrected chi connectivity index (χ0v) is 19.0. The number of benzene rings is 1. The van der Waals surface area contributed by atoms with Crippen molar-refractivity contribution in [2.75, 3.05) is 24.5 Å². The molecule has 0 bridgehead atoms. The Kier molecular flexibility index (Phi) is 7.81. The fraction of sp³-hybridized carbons (Fsp3) is 0.348. The molecule has 8 heteroatoms. The monoisotopic (exact) mass is 475 g/mol. The van der Waals surface area contributed by atoms with E-state index in [1.807, 2.05) is 37.5 Å². The molecule has 1 aliphatic rings. The Balaban J connectivity index is 0.00000272. The molecule has 0 saturated carbocycles. The molecule has 164 valence electrons. The predicted molar refractivity (Wildman–Crippen MR) is 131 cm³/mol. The van der Waals surface area contributed by atoms with Crippen LogP contribution < -0.4 is 10.6 Å². The summed E-state index contributed by atoms with van der Waals surface area (Å²) in [5.41, 5.74) is 8.27. The highest BCUT2D eigenvalue weighted by atomic mass is 35.5. The normalized spacial score (nSPS) is 15.4. The molecular formula is C23H27Cl2N5S. The van der Waals surface area contributed by atoms with Crippen molar-refractivity contribution in [3.05, 3.63) is 70.2 Å². The van der Waals surface area contributed by atoms with Gasteiger partial charge < -0.3 is 10.6 Å². The topological polar surface area (TPSA) is 67.9 Å². The summed E-state index contributed by atoms with van der Waals surface area (Å²) in [6.07, 6.45) is 7.51. The van der Waals surface area contributed by atoms with E-state index < -0.39 is 0 Å². The van der Waals surface area contributed by atoms with Gasteiger partial charge in [-0.25, -0.2) is 9.97 Å². The Morgan fingerprint density at radius 2 is 1.90 bits per heavy atom. The van der Waals surface area contributed by atoms with E-state index in [-0.39, 0.29) is 12.8 Å². The first-order valence-electron chi connectivity index (χ1n) is 9.83. The lowest BCUT2D eigenvalue weighted by atomic mass is 9.73. The van der Waals surface area contributed by atoms with Crippen LogP contribution in [0.5, 0.6) is 0 Å². The summed E-state index contributed by atoms with van der Waals surface area (Å²) in [5, 5.41) is 1.90. The van der Waals surface area contributed by atoms with Crippen LogP contribution in [0.2, 0.25) is 10.0 Å². The smallest absolute Gasteiger partial charge is 0.147 e. The summed E-state index contributed by atoms with van der Waals surface area (Å²) in [6.45, 7) is 4.36. The van der Waals surface area contributed by atoms with E-state index in [1.165, 1.54) is 17.3 Å². The molecule has 1 aliphatic heterocycles. The van der Waals surface area contributed by atoms with Gasteiger partial charge in [0.2, 0.25) is 0 Å². The lowest BCUT2D eigenvalue weighted by Gasteiger charge is -2.41. The van der Waals surface area contributed by atoms with Crippen LogP contribution in [0.1, 0.15) is 31.5 Å². The van der Waals surface area contributed by atoms with Crippen LogP contribution >= 0.6 is 35.0 Å². The summed E-state index contributed by atoms with van der Waals surface area (Å²) in [4.78, 5) is 16.9. The predicted octanol–water partition coefficient (Wildman–Crippen LogP) is 5.77. The van der Waals surface area contributed by atoms with Gasteiger partial charge in [0.25, 0.3) is 0 Å². The lowest BCUT2D eigenvalue weighted by molar-refractivity contribution is 0.338. The number of hydrogen-bond donors (Lipinski definition) is 1. The minimum Gasteiger partial charge on any atom is -0.355 e. The average Bonchev–Trinajstić information content (AvgIpc) is 2.79. The largest absolute Gasteiger partial charge is 0.355 e. The van der Waals surface area contributed by atoms with Gasteiger partial charge in [-0.15, -0.1) is 0 Å². The Morgan fingerprint density at radius 3 is 2.55 bits per heavy atom. The molecule has 0 amide bonds. The fourth-order valence-corrected chi connectivity index (χ4v) is 5.15. The number of aryl methyl sites for hydroxylation is 1. The molecule has 4 rings (SSSR count). The Hall–Kier alpha value is -1.86. The van der Waals surface area contributed by atoms with Gasteiger partial charge in [-0.3, -0.25) is 4.98 Å². The van der Waals surface area contributed by atoms with Gasteiger partial charge in [0.15, 0.2) is 0 Å². The van der Waals surface area contributed by atoms with Crippen LogP contribution in [0.25, 0.3) is 0 Å². The molecule has 0 atom stereocenters. The van der Waals surface area contributed by atoms with Gasteiger partial charge in [0, 0.05) is 42.3 Å². The molecule has 3 heterocycles. The van der Waals surface area contributed by atoms with Crippen molar-refractivity contribution in [1.29, 1.82) is 0 Å². The first-order chi connectivity index (χ1) is 14.5. The molecule has 1 aromatic carbocycles. The molecular weight excluding hydrogens is 449 g/mol. The highest BCUT2D eigenvalue weighted by molar-refractivity contribution is 7.99. The van der Waals surface area contributed by atoms with Gasteiger partial charge in [0.05, 0.1) is 21.9 Å². The second-order valence-corrected chi connectivity index (χ2v) is 9.30. The van der Waals surface area contributed by atoms with Crippen LogP contribution in [-0.2, 0) is 5.41 Å². The van der Waals surface area contributed by atoms with Crippen LogP contribution in [0.3, 0.4) is 0 Å². The van der Waals surface area contributed by atoms with E-state index in [2.05, 4.69) is 20.9 Å². The van der Waals surface area contributed by atoms with Crippen molar-refractivity contribution in [3.63, 3.8) is 0 Å². The minimum absolute atomic E-state index is 0. The number of nitrogens with two attached hydrogens (primary N) is 1. The number of piperidine rings is 1. The second-order valence-electron chi connectivity index (χ2n) is 7.49. The van der Waals surface area contributed by atoms with E-state index in [0.29, 0.717) is 16.6 Å². The molecule has 1 saturated heterocycles. The Morgan fingerprint density at radius 1 is 1.13 bits per heavy atom. The number of halogens is 2. The molecule has 0 radical (unpaired) electrons. The quantitative estimate of drug-likeness (QED) is 0.504. The zero-order valence-electron chi connectivity index (χ0n) is 16.7. The third-order valence-corrected chi connectivity index (χ3v) is 7.81. The van der Waals surface area contributed by atoms with Gasteiger partial charge in [-0.05, 0) is 43.5 Å². The maximum Gasteiger partial charge on any atom is 0.147 e. The van der Waals surface area contributed by atoms with Crippen molar-refractivity contribution < 1.29 is 0 Å². The molecule has 1 fully saturated rings. The fourth-order valence-electron chi connectivity index (χ4n) is 3.83. The maximum atomic E-state index is 6.32. The van der Waals surface area contributed by atoms with Crippen molar-refractivity contribution in [2.45, 2.75) is 42.5 Å². The third-order valence-electron chi connectivity index (χ3n) is 5.72. The molecule has 0 spiro atoms. The molecule has 31 heavy (non-hydrogen) atoms. The van der Waals surface area contributed by atoms with Crippen LogP contribution in [0, 0.1) is 6.92 Å². The highest BCUT2D eigenvalue weighted by Crippen LogP contribution is 2.38. The van der Waals surface area contributed by atoms with E-state index in [9.17, 15) is 0 Å². The molecule has 0 aliphatic carbocycles. The summed E-state index contributed by atoms with van der Waals surface area (Å²) >= 11 is 13.9. The van der Waals surface area contributed by atoms with Crippen LogP contribution in [0.15, 0.2) is 58.8 Å². The van der Waals surface area contributed by atoms with Crippen molar-refractivity contribution in [1.82, 2.24) is 15.0 Å². The third kappa shape index (κ3) is 4.98. The van der Waals surface area contributed by atoms with E-state index in [0.717, 1.165) is 47.4 Å². The standard InChI is InChI=1S/C22H23Cl2N5S.CH4/c1-15-21(30-18-6-2-5-17(23)20(18)24)27-13-19(28-15)29-10-7-22(14-25,8-11-29)16-4-3-9-26-12-16;/h2-6,9,12-13H,7-8,10-11,14,25H2,1H3;1H4. The van der Waals surface area contributed by atoms with Gasteiger partial charge in [-0.1, -0.05) is 54.5 Å². The van der Waals surface area contributed by atoms with Crippen molar-refractivity contribution in [3.8, 4) is 0 Å². The van der Waals surface area contributed by atoms with Crippen molar-refractivity contribution in [2.24, 2.45) is 5.73 Å². The molecule has 2 aromatic heterocycles. The van der Waals surface area contributed by atoms with Crippen molar-refractivity contribution >= 4 is 40.8 Å². The second kappa shape index (κ2) is 10.2. The lowest BCUT2D eigenvalue weighted by Crippen LogP contribution is -2.47. The number of aromatic nitrogens is 3. The summed E-state index contributed by atoms with van der Waals surface area (Å²) in [6, 6.07) is 9.71. The van der Waals surface area contributed by atoms with Gasteiger partial charge in [-0.2, -0.15) is 0 Å². The van der Waals surface area contributed by atoms with Crippen LogP contribution in [0.4, 0.5) is 5.82 Å². The summed E-state index contributed by atoms with van der Waals surface area (Å²) in [5.74, 6) is 0.894. The first-order valence-corrected chi connectivity index (χ1v) is 11.4. The number of rotatable bonds is 5. The molecule has 5 nitrogen and oxygen atoms in total.